The van der Waals surface area contributed by atoms with Crippen molar-refractivity contribution in [2.75, 3.05) is 12.3 Å². The number of carbonyl (C=O) groups excluding carboxylic acids is 2. The number of nitrogens with zero attached hydrogens (tertiary/aromatic N) is 1. The van der Waals surface area contributed by atoms with Crippen LogP contribution in [0.4, 0.5) is 0 Å². The van der Waals surface area contributed by atoms with Crippen LogP contribution in [0.1, 0.15) is 31.4 Å². The Hall–Kier alpha value is -1.40. The summed E-state index contributed by atoms with van der Waals surface area (Å²) in [5.41, 5.74) is 1.78. The van der Waals surface area contributed by atoms with Crippen LogP contribution in [0.5, 0.6) is 0 Å². The van der Waals surface area contributed by atoms with E-state index in [1.807, 2.05) is 31.2 Å². The second-order valence-corrected chi connectivity index (χ2v) is 9.11. The fourth-order valence-corrected chi connectivity index (χ4v) is 4.32. The Morgan fingerprint density at radius 2 is 1.83 bits per heavy atom. The summed E-state index contributed by atoms with van der Waals surface area (Å²) >= 11 is 19.8. The predicted molar refractivity (Wildman–Crippen MR) is 127 cm³/mol. The topological polar surface area (TPSA) is 49.4 Å². The first kappa shape index (κ1) is 24.9. The largest absolute Gasteiger partial charge is 0.354 e. The number of rotatable bonds is 10. The van der Waals surface area contributed by atoms with Crippen molar-refractivity contribution in [3.05, 3.63) is 68.7 Å². The van der Waals surface area contributed by atoms with Gasteiger partial charge in [-0.1, -0.05) is 59.9 Å². The number of halogens is 3. The third kappa shape index (κ3) is 7.69. The highest BCUT2D eigenvalue weighted by molar-refractivity contribution is 7.99. The first-order valence-electron chi connectivity index (χ1n) is 9.65. The summed E-state index contributed by atoms with van der Waals surface area (Å²) in [6, 6.07) is 12.1. The molecule has 1 atom stereocenters. The molecule has 0 bridgehead atoms. The normalized spacial score (nSPS) is 11.8. The second kappa shape index (κ2) is 12.5. The molecule has 8 heteroatoms. The van der Waals surface area contributed by atoms with Gasteiger partial charge in [0.25, 0.3) is 0 Å². The lowest BCUT2D eigenvalue weighted by molar-refractivity contribution is -0.138. The van der Waals surface area contributed by atoms with Crippen molar-refractivity contribution in [3.63, 3.8) is 0 Å². The van der Waals surface area contributed by atoms with Crippen LogP contribution in [0.2, 0.25) is 15.1 Å². The van der Waals surface area contributed by atoms with Crippen molar-refractivity contribution >= 4 is 58.4 Å². The average Bonchev–Trinajstić information content (AvgIpc) is 2.71. The lowest BCUT2D eigenvalue weighted by atomic mass is 10.1. The van der Waals surface area contributed by atoms with Crippen molar-refractivity contribution in [1.29, 1.82) is 0 Å². The summed E-state index contributed by atoms with van der Waals surface area (Å²) in [5.74, 6) is 0.573. The van der Waals surface area contributed by atoms with Crippen LogP contribution in [0.25, 0.3) is 0 Å². The van der Waals surface area contributed by atoms with E-state index in [1.54, 1.807) is 30.0 Å². The Labute approximate surface area is 197 Å². The molecule has 2 amide bonds. The van der Waals surface area contributed by atoms with Gasteiger partial charge in [-0.3, -0.25) is 9.59 Å². The Bertz CT molecular complexity index is 879. The molecule has 0 aromatic heterocycles. The second-order valence-electron chi connectivity index (χ2n) is 6.85. The Balaban J connectivity index is 2.10. The summed E-state index contributed by atoms with van der Waals surface area (Å²) < 4.78 is 0. The van der Waals surface area contributed by atoms with E-state index in [4.69, 9.17) is 34.8 Å². The maximum absolute atomic E-state index is 13.0. The van der Waals surface area contributed by atoms with Gasteiger partial charge in [-0.2, -0.15) is 0 Å². The maximum Gasteiger partial charge on any atom is 0.242 e. The molecule has 0 spiro atoms. The molecular weight excluding hydrogens is 463 g/mol. The lowest BCUT2D eigenvalue weighted by Crippen LogP contribution is -2.48. The van der Waals surface area contributed by atoms with E-state index < -0.39 is 6.04 Å². The number of nitrogens with one attached hydrogen (secondary N) is 1. The smallest absolute Gasteiger partial charge is 0.242 e. The lowest BCUT2D eigenvalue weighted by Gasteiger charge is -2.29. The summed E-state index contributed by atoms with van der Waals surface area (Å²) in [6.07, 6.45) is 0.824. The number of thioether (sulfide) groups is 1. The highest BCUT2D eigenvalue weighted by Gasteiger charge is 2.26. The zero-order chi connectivity index (χ0) is 22.1. The van der Waals surface area contributed by atoms with E-state index in [0.29, 0.717) is 27.4 Å². The van der Waals surface area contributed by atoms with Crippen LogP contribution in [0.15, 0.2) is 42.5 Å². The molecule has 0 aliphatic heterocycles. The van der Waals surface area contributed by atoms with E-state index in [9.17, 15) is 9.59 Å². The van der Waals surface area contributed by atoms with Gasteiger partial charge in [0.05, 0.1) is 5.75 Å². The van der Waals surface area contributed by atoms with E-state index >= 15 is 0 Å². The Morgan fingerprint density at radius 1 is 1.10 bits per heavy atom. The first-order chi connectivity index (χ1) is 14.3. The molecule has 0 aliphatic rings. The van der Waals surface area contributed by atoms with Gasteiger partial charge in [0, 0.05) is 33.9 Å². The van der Waals surface area contributed by atoms with Crippen LogP contribution in [0.3, 0.4) is 0 Å². The molecule has 0 saturated carbocycles. The SMILES string of the molecule is CCCNC(=O)[C@@H](C)N(Cc1ccc(Cl)cc1Cl)C(=O)CSCc1cccc(Cl)c1. The average molecular weight is 488 g/mol. The van der Waals surface area contributed by atoms with Crippen molar-refractivity contribution in [2.24, 2.45) is 0 Å². The Morgan fingerprint density at radius 3 is 2.50 bits per heavy atom. The fourth-order valence-electron chi connectivity index (χ4n) is 2.78. The predicted octanol–water partition coefficient (Wildman–Crippen LogP) is 5.82. The first-order valence-corrected chi connectivity index (χ1v) is 11.9. The molecule has 1 N–H and O–H groups in total. The molecule has 0 saturated heterocycles. The zero-order valence-corrected chi connectivity index (χ0v) is 20.0. The third-order valence-corrected chi connectivity index (χ3v) is 6.27. The number of carbonyl (C=O) groups is 2. The van der Waals surface area contributed by atoms with Crippen molar-refractivity contribution in [2.45, 2.75) is 38.6 Å². The van der Waals surface area contributed by atoms with Gasteiger partial charge in [0.15, 0.2) is 0 Å². The fraction of sp³-hybridized carbons (Fsp3) is 0.364. The minimum atomic E-state index is -0.623. The van der Waals surface area contributed by atoms with Crippen LogP contribution in [0, 0.1) is 0 Å². The molecule has 2 aromatic carbocycles. The van der Waals surface area contributed by atoms with Crippen LogP contribution in [-0.2, 0) is 21.9 Å². The van der Waals surface area contributed by atoms with E-state index in [0.717, 1.165) is 17.5 Å². The van der Waals surface area contributed by atoms with Gasteiger partial charge in [-0.05, 0) is 48.7 Å². The van der Waals surface area contributed by atoms with Gasteiger partial charge in [0.2, 0.25) is 11.8 Å². The summed E-state index contributed by atoms with van der Waals surface area (Å²) in [5, 5.41) is 4.51. The van der Waals surface area contributed by atoms with Gasteiger partial charge < -0.3 is 10.2 Å². The minimum absolute atomic E-state index is 0.132. The number of benzene rings is 2. The van der Waals surface area contributed by atoms with Crippen LogP contribution in [-0.4, -0.2) is 35.1 Å². The van der Waals surface area contributed by atoms with E-state index in [2.05, 4.69) is 5.32 Å². The van der Waals surface area contributed by atoms with Crippen LogP contribution < -0.4 is 5.32 Å². The van der Waals surface area contributed by atoms with Crippen molar-refractivity contribution in [1.82, 2.24) is 10.2 Å². The summed E-state index contributed by atoms with van der Waals surface area (Å²) in [7, 11) is 0. The van der Waals surface area contributed by atoms with Gasteiger partial charge in [-0.25, -0.2) is 0 Å². The molecule has 0 fully saturated rings. The third-order valence-electron chi connectivity index (χ3n) is 4.46. The van der Waals surface area contributed by atoms with Gasteiger partial charge in [-0.15, -0.1) is 11.8 Å². The van der Waals surface area contributed by atoms with Crippen molar-refractivity contribution < 1.29 is 9.59 Å². The quantitative estimate of drug-likeness (QED) is 0.459. The van der Waals surface area contributed by atoms with Gasteiger partial charge >= 0.3 is 0 Å². The minimum Gasteiger partial charge on any atom is -0.354 e. The summed E-state index contributed by atoms with van der Waals surface area (Å²) in [6.45, 7) is 4.51. The van der Waals surface area contributed by atoms with Crippen molar-refractivity contribution in [3.8, 4) is 0 Å². The monoisotopic (exact) mass is 486 g/mol. The molecule has 2 aromatic rings. The molecule has 2 rings (SSSR count). The van der Waals surface area contributed by atoms with E-state index in [1.165, 1.54) is 11.8 Å². The molecule has 0 heterocycles. The summed E-state index contributed by atoms with van der Waals surface area (Å²) in [4.78, 5) is 27.1. The van der Waals surface area contributed by atoms with Crippen LogP contribution >= 0.6 is 46.6 Å². The van der Waals surface area contributed by atoms with Gasteiger partial charge in [0.1, 0.15) is 6.04 Å². The van der Waals surface area contributed by atoms with E-state index in [-0.39, 0.29) is 24.1 Å². The highest BCUT2D eigenvalue weighted by atomic mass is 35.5. The molecule has 162 valence electrons. The standard InChI is InChI=1S/C22H25Cl3N2O2S/c1-3-9-26-22(29)15(2)27(12-17-7-8-19(24)11-20(17)25)21(28)14-30-13-16-5-4-6-18(23)10-16/h4-8,10-11,15H,3,9,12-14H2,1-2H3,(H,26,29)/t15-/m1/s1. The maximum atomic E-state index is 13.0. The zero-order valence-electron chi connectivity index (χ0n) is 17.0. The molecule has 30 heavy (non-hydrogen) atoms. The Kier molecular flexibility index (Phi) is 10.3. The number of hydrogen-bond donors (Lipinski definition) is 1. The number of amides is 2. The highest BCUT2D eigenvalue weighted by Crippen LogP contribution is 2.24. The molecule has 0 aliphatic carbocycles. The molecule has 0 radical (unpaired) electrons. The molecule has 4 nitrogen and oxygen atoms in total. The number of hydrogen-bond acceptors (Lipinski definition) is 3. The molecular formula is C22H25Cl3N2O2S. The molecule has 0 unspecified atom stereocenters.